The van der Waals surface area contributed by atoms with Crippen molar-refractivity contribution in [3.8, 4) is 22.6 Å². The van der Waals surface area contributed by atoms with Crippen molar-refractivity contribution in [3.63, 3.8) is 0 Å². The van der Waals surface area contributed by atoms with Crippen LogP contribution in [0.2, 0.25) is 5.02 Å². The number of halogens is 2. The van der Waals surface area contributed by atoms with E-state index in [-0.39, 0.29) is 46.3 Å². The van der Waals surface area contributed by atoms with Gasteiger partial charge in [-0.2, -0.15) is 10.1 Å². The summed E-state index contributed by atoms with van der Waals surface area (Å²) in [7, 11) is 0. The SMILES string of the molecule is C[C@H]1CN(c2nc(=O)n3c4c(c(-c5c(O)cccc5F)c(Cl)cc24)OC[C@H]3Cn2cccn2)[C@@H](C)CN1C(=O)OC(C)(C)C. The van der Waals surface area contributed by atoms with E-state index in [1.807, 2.05) is 39.5 Å². The summed E-state index contributed by atoms with van der Waals surface area (Å²) in [5.74, 6) is -0.444. The average Bonchev–Trinajstić information content (AvgIpc) is 3.45. The topological polar surface area (TPSA) is 115 Å². The molecule has 6 rings (SSSR count). The van der Waals surface area contributed by atoms with E-state index in [1.165, 1.54) is 18.2 Å². The predicted molar refractivity (Wildman–Crippen MR) is 164 cm³/mol. The zero-order chi connectivity index (χ0) is 31.5. The zero-order valence-corrected chi connectivity index (χ0v) is 25.9. The molecule has 13 heteroatoms. The van der Waals surface area contributed by atoms with Gasteiger partial charge in [0.25, 0.3) is 0 Å². The number of phenolic OH excluding ortho intramolecular Hbond substituents is 1. The molecular weight excluding hydrogens is 591 g/mol. The summed E-state index contributed by atoms with van der Waals surface area (Å²) in [6, 6.07) is 6.42. The smallest absolute Gasteiger partial charge is 0.410 e. The molecule has 3 atom stereocenters. The molecule has 0 unspecified atom stereocenters. The number of anilines is 1. The molecule has 1 fully saturated rings. The van der Waals surface area contributed by atoms with Gasteiger partial charge in [-0.05, 0) is 58.9 Å². The average molecular weight is 625 g/mol. The Hall–Kier alpha value is -4.32. The third kappa shape index (κ3) is 5.21. The van der Waals surface area contributed by atoms with Gasteiger partial charge in [0.2, 0.25) is 0 Å². The van der Waals surface area contributed by atoms with Crippen LogP contribution >= 0.6 is 11.6 Å². The van der Waals surface area contributed by atoms with Crippen LogP contribution in [0.5, 0.6) is 11.5 Å². The predicted octanol–water partition coefficient (Wildman–Crippen LogP) is 5.23. The van der Waals surface area contributed by atoms with Crippen LogP contribution in [0, 0.1) is 5.82 Å². The lowest BCUT2D eigenvalue weighted by Crippen LogP contribution is -2.59. The van der Waals surface area contributed by atoms with Gasteiger partial charge in [-0.1, -0.05) is 17.7 Å². The molecule has 2 aliphatic rings. The van der Waals surface area contributed by atoms with Gasteiger partial charge < -0.3 is 24.4 Å². The standard InChI is InChI=1S/C31H34ClFN6O5/c1-17-14-38(30(42)44-31(3,4)5)18(2)13-37(17)28-20-12-21(32)24(25-22(33)8-6-9-23(25)40)27-26(20)39(29(41)35-28)19(16-43-27)15-36-11-7-10-34-36/h6-12,17-19,40H,13-16H2,1-5H3/t17-,18-,19+/m0/s1. The second-order valence-electron chi connectivity index (χ2n) is 12.4. The van der Waals surface area contributed by atoms with Crippen molar-refractivity contribution in [3.05, 3.63) is 64.0 Å². The number of hydrogen-bond acceptors (Lipinski definition) is 8. The third-order valence-corrected chi connectivity index (χ3v) is 8.26. The van der Waals surface area contributed by atoms with Gasteiger partial charge in [-0.15, -0.1) is 0 Å². The molecule has 0 radical (unpaired) electrons. The van der Waals surface area contributed by atoms with Crippen molar-refractivity contribution in [2.75, 3.05) is 24.6 Å². The Balaban J connectivity index is 1.52. The number of carbonyl (C=O) groups is 1. The zero-order valence-electron chi connectivity index (χ0n) is 25.1. The lowest BCUT2D eigenvalue weighted by molar-refractivity contribution is 0.0130. The number of nitrogens with zero attached hydrogens (tertiary/aromatic N) is 6. The van der Waals surface area contributed by atoms with Gasteiger partial charge in [0.15, 0.2) is 5.75 Å². The van der Waals surface area contributed by atoms with Gasteiger partial charge >= 0.3 is 11.8 Å². The van der Waals surface area contributed by atoms with E-state index in [2.05, 4.69) is 10.1 Å². The molecule has 0 bridgehead atoms. The number of aromatic hydroxyl groups is 1. The summed E-state index contributed by atoms with van der Waals surface area (Å²) in [6.07, 6.45) is 3.03. The molecule has 0 spiro atoms. The molecule has 0 aliphatic carbocycles. The highest BCUT2D eigenvalue weighted by Crippen LogP contribution is 2.49. The summed E-state index contributed by atoms with van der Waals surface area (Å²) in [4.78, 5) is 35.1. The van der Waals surface area contributed by atoms with E-state index < -0.39 is 29.2 Å². The number of aromatic nitrogens is 4. The van der Waals surface area contributed by atoms with Crippen LogP contribution in [-0.2, 0) is 11.3 Å². The van der Waals surface area contributed by atoms with Crippen molar-refractivity contribution in [1.29, 1.82) is 0 Å². The Morgan fingerprint density at radius 1 is 1.18 bits per heavy atom. The molecule has 2 aliphatic heterocycles. The summed E-state index contributed by atoms with van der Waals surface area (Å²) in [5.41, 5.74) is -0.745. The molecule has 2 aromatic heterocycles. The largest absolute Gasteiger partial charge is 0.507 e. The Bertz CT molecular complexity index is 1780. The number of piperazine rings is 1. The lowest BCUT2D eigenvalue weighted by Gasteiger charge is -2.45. The molecule has 44 heavy (non-hydrogen) atoms. The minimum absolute atomic E-state index is 0.0629. The normalized spacial score (nSPS) is 20.1. The molecule has 232 valence electrons. The van der Waals surface area contributed by atoms with Crippen LogP contribution in [0.3, 0.4) is 0 Å². The Kier molecular flexibility index (Phi) is 7.43. The first-order chi connectivity index (χ1) is 20.8. The van der Waals surface area contributed by atoms with Crippen LogP contribution in [0.4, 0.5) is 15.0 Å². The van der Waals surface area contributed by atoms with Crippen LogP contribution in [0.1, 0.15) is 40.7 Å². The Labute approximate surface area is 258 Å². The van der Waals surface area contributed by atoms with Crippen LogP contribution in [-0.4, -0.2) is 72.8 Å². The lowest BCUT2D eigenvalue weighted by atomic mass is 9.98. The highest BCUT2D eigenvalue weighted by atomic mass is 35.5. The number of hydrogen-bond donors (Lipinski definition) is 1. The molecule has 1 N–H and O–H groups in total. The number of rotatable bonds is 4. The highest BCUT2D eigenvalue weighted by molar-refractivity contribution is 6.35. The van der Waals surface area contributed by atoms with Gasteiger partial charge in [0.05, 0.1) is 34.3 Å². The van der Waals surface area contributed by atoms with E-state index in [0.717, 1.165) is 0 Å². The maximum atomic E-state index is 15.2. The van der Waals surface area contributed by atoms with Crippen molar-refractivity contribution in [2.45, 2.75) is 64.9 Å². The second kappa shape index (κ2) is 11.0. The maximum absolute atomic E-state index is 15.2. The first-order valence-electron chi connectivity index (χ1n) is 14.5. The van der Waals surface area contributed by atoms with Gasteiger partial charge in [0, 0.05) is 43.0 Å². The molecule has 4 aromatic rings. The van der Waals surface area contributed by atoms with Crippen LogP contribution in [0.25, 0.3) is 22.0 Å². The van der Waals surface area contributed by atoms with Crippen LogP contribution < -0.4 is 15.3 Å². The first kappa shape index (κ1) is 29.7. The van der Waals surface area contributed by atoms with E-state index in [4.69, 9.17) is 21.1 Å². The molecule has 11 nitrogen and oxygen atoms in total. The number of amides is 1. The quantitative estimate of drug-likeness (QED) is 0.328. The van der Waals surface area contributed by atoms with Gasteiger partial charge in [-0.3, -0.25) is 9.25 Å². The molecule has 4 heterocycles. The summed E-state index contributed by atoms with van der Waals surface area (Å²) in [6.45, 7) is 10.4. The molecule has 2 aromatic carbocycles. The van der Waals surface area contributed by atoms with E-state index in [9.17, 15) is 14.7 Å². The number of ether oxygens (including phenoxy) is 2. The van der Waals surface area contributed by atoms with Crippen molar-refractivity contribution < 1.29 is 23.8 Å². The fourth-order valence-corrected chi connectivity index (χ4v) is 6.32. The fraction of sp³-hybridized carbons (Fsp3) is 0.419. The molecular formula is C31H34ClFN6O5. The third-order valence-electron chi connectivity index (χ3n) is 7.97. The minimum Gasteiger partial charge on any atom is -0.507 e. The van der Waals surface area contributed by atoms with Crippen LogP contribution in [0.15, 0.2) is 47.5 Å². The van der Waals surface area contributed by atoms with E-state index in [0.29, 0.717) is 36.4 Å². The number of benzene rings is 2. The number of phenols is 1. The summed E-state index contributed by atoms with van der Waals surface area (Å²) < 4.78 is 30.4. The fourth-order valence-electron chi connectivity index (χ4n) is 6.03. The molecule has 1 saturated heterocycles. The second-order valence-corrected chi connectivity index (χ2v) is 12.8. The minimum atomic E-state index is -0.686. The maximum Gasteiger partial charge on any atom is 0.410 e. The number of carbonyl (C=O) groups excluding carboxylic acids is 1. The van der Waals surface area contributed by atoms with Crippen molar-refractivity contribution >= 4 is 34.4 Å². The van der Waals surface area contributed by atoms with Crippen molar-refractivity contribution in [1.82, 2.24) is 24.2 Å². The van der Waals surface area contributed by atoms with Crippen molar-refractivity contribution in [2.24, 2.45) is 0 Å². The highest BCUT2D eigenvalue weighted by Gasteiger charge is 2.38. The van der Waals surface area contributed by atoms with E-state index in [1.54, 1.807) is 38.7 Å². The van der Waals surface area contributed by atoms with E-state index >= 15 is 4.39 Å². The van der Waals surface area contributed by atoms with Gasteiger partial charge in [0.1, 0.15) is 29.6 Å². The summed E-state index contributed by atoms with van der Waals surface area (Å²) >= 11 is 6.86. The summed E-state index contributed by atoms with van der Waals surface area (Å²) in [5, 5.41) is 15.6. The Morgan fingerprint density at radius 3 is 2.64 bits per heavy atom. The molecule has 1 amide bonds. The monoisotopic (exact) mass is 624 g/mol. The first-order valence-corrected chi connectivity index (χ1v) is 14.8. The van der Waals surface area contributed by atoms with Gasteiger partial charge in [-0.25, -0.2) is 14.0 Å². The Morgan fingerprint density at radius 2 is 1.95 bits per heavy atom. The molecule has 0 saturated carbocycles.